The number of fused-ring (bicyclic) bond motifs is 1. The Bertz CT molecular complexity index is 257. The van der Waals surface area contributed by atoms with Crippen molar-refractivity contribution < 1.29 is 14.7 Å². The van der Waals surface area contributed by atoms with Crippen LogP contribution in [-0.2, 0) is 9.59 Å². The SMILES string of the molecule is CCC(CCO)N1C(=O)C2CC2C1=O. The lowest BCUT2D eigenvalue weighted by molar-refractivity contribution is -0.144. The molecule has 1 saturated carbocycles. The van der Waals surface area contributed by atoms with Gasteiger partial charge in [0.25, 0.3) is 0 Å². The molecule has 1 N–H and O–H groups in total. The summed E-state index contributed by atoms with van der Waals surface area (Å²) in [6.07, 6.45) is 1.99. The highest BCUT2D eigenvalue weighted by molar-refractivity contribution is 6.09. The van der Waals surface area contributed by atoms with Crippen LogP contribution in [0.2, 0.25) is 0 Å². The number of imide groups is 1. The maximum absolute atomic E-state index is 11.7. The van der Waals surface area contributed by atoms with E-state index in [1.54, 1.807) is 0 Å². The second kappa shape index (κ2) is 3.35. The number of nitrogens with zero attached hydrogens (tertiary/aromatic N) is 1. The number of hydrogen-bond acceptors (Lipinski definition) is 3. The maximum atomic E-state index is 11.7. The van der Waals surface area contributed by atoms with E-state index in [4.69, 9.17) is 5.11 Å². The van der Waals surface area contributed by atoms with E-state index >= 15 is 0 Å². The maximum Gasteiger partial charge on any atom is 0.233 e. The van der Waals surface area contributed by atoms with Crippen molar-refractivity contribution in [2.45, 2.75) is 32.2 Å². The molecule has 78 valence electrons. The molecule has 1 aliphatic carbocycles. The van der Waals surface area contributed by atoms with E-state index in [1.807, 2.05) is 6.92 Å². The van der Waals surface area contributed by atoms with Crippen molar-refractivity contribution in [1.82, 2.24) is 4.90 Å². The zero-order valence-corrected chi connectivity index (χ0v) is 8.27. The van der Waals surface area contributed by atoms with Gasteiger partial charge in [0.05, 0.1) is 11.8 Å². The molecule has 0 aromatic carbocycles. The van der Waals surface area contributed by atoms with E-state index in [2.05, 4.69) is 0 Å². The molecule has 0 radical (unpaired) electrons. The van der Waals surface area contributed by atoms with Gasteiger partial charge in [-0.25, -0.2) is 0 Å². The lowest BCUT2D eigenvalue weighted by Gasteiger charge is -2.26. The van der Waals surface area contributed by atoms with Crippen molar-refractivity contribution in [1.29, 1.82) is 0 Å². The molecule has 1 aliphatic heterocycles. The lowest BCUT2D eigenvalue weighted by atomic mass is 10.1. The highest BCUT2D eigenvalue weighted by atomic mass is 16.3. The Kier molecular flexibility index (Phi) is 2.31. The molecule has 2 amide bonds. The molecule has 0 aromatic rings. The molecule has 2 aliphatic rings. The van der Waals surface area contributed by atoms with E-state index < -0.39 is 0 Å². The van der Waals surface area contributed by atoms with Gasteiger partial charge in [0.15, 0.2) is 0 Å². The second-order valence-electron chi connectivity index (χ2n) is 4.07. The Balaban J connectivity index is 2.09. The number of aliphatic hydroxyl groups excluding tert-OH is 1. The quantitative estimate of drug-likeness (QED) is 0.653. The number of likely N-dealkylation sites (tertiary alicyclic amines) is 1. The summed E-state index contributed by atoms with van der Waals surface area (Å²) in [7, 11) is 0. The minimum Gasteiger partial charge on any atom is -0.396 e. The molecule has 14 heavy (non-hydrogen) atoms. The number of rotatable bonds is 4. The van der Waals surface area contributed by atoms with Crippen LogP contribution in [0.25, 0.3) is 0 Å². The third kappa shape index (κ3) is 1.25. The smallest absolute Gasteiger partial charge is 0.233 e. The van der Waals surface area contributed by atoms with Crippen molar-refractivity contribution in [3.63, 3.8) is 0 Å². The summed E-state index contributed by atoms with van der Waals surface area (Å²) in [5, 5.41) is 8.83. The minimum absolute atomic E-state index is 0.0136. The molecule has 4 heteroatoms. The molecule has 1 saturated heterocycles. The van der Waals surface area contributed by atoms with E-state index in [-0.39, 0.29) is 36.3 Å². The number of hydrogen-bond donors (Lipinski definition) is 1. The lowest BCUT2D eigenvalue weighted by Crippen LogP contribution is -2.42. The van der Waals surface area contributed by atoms with Crippen LogP contribution in [0, 0.1) is 11.8 Å². The van der Waals surface area contributed by atoms with Gasteiger partial charge >= 0.3 is 0 Å². The van der Waals surface area contributed by atoms with Gasteiger partial charge in [0, 0.05) is 12.6 Å². The van der Waals surface area contributed by atoms with Crippen molar-refractivity contribution in [3.8, 4) is 0 Å². The Hall–Kier alpha value is -0.900. The summed E-state index contributed by atoms with van der Waals surface area (Å²) in [6.45, 7) is 1.97. The number of carbonyl (C=O) groups excluding carboxylic acids is 2. The predicted molar refractivity (Wildman–Crippen MR) is 49.2 cm³/mol. The molecular weight excluding hydrogens is 182 g/mol. The monoisotopic (exact) mass is 197 g/mol. The van der Waals surface area contributed by atoms with Gasteiger partial charge in [0.2, 0.25) is 11.8 Å². The molecule has 0 aromatic heterocycles. The zero-order valence-electron chi connectivity index (χ0n) is 8.27. The Morgan fingerprint density at radius 1 is 1.43 bits per heavy atom. The summed E-state index contributed by atoms with van der Waals surface area (Å²) < 4.78 is 0. The third-order valence-corrected chi connectivity index (χ3v) is 3.20. The minimum atomic E-state index is -0.0900. The van der Waals surface area contributed by atoms with Crippen molar-refractivity contribution in [2.24, 2.45) is 11.8 Å². The Morgan fingerprint density at radius 3 is 2.43 bits per heavy atom. The van der Waals surface area contributed by atoms with Gasteiger partial charge in [-0.05, 0) is 19.3 Å². The van der Waals surface area contributed by atoms with E-state index in [0.29, 0.717) is 6.42 Å². The molecule has 1 heterocycles. The van der Waals surface area contributed by atoms with Crippen LogP contribution in [-0.4, -0.2) is 34.5 Å². The molecule has 0 spiro atoms. The first-order valence-corrected chi connectivity index (χ1v) is 5.18. The topological polar surface area (TPSA) is 57.6 Å². The highest BCUT2D eigenvalue weighted by Gasteiger charge is 2.59. The standard InChI is InChI=1S/C10H15NO3/c1-2-6(3-4-12)11-9(13)7-5-8(7)10(11)14/h6-8,12H,2-5H2,1H3. The van der Waals surface area contributed by atoms with Crippen molar-refractivity contribution in [2.75, 3.05) is 6.61 Å². The fourth-order valence-corrected chi connectivity index (χ4v) is 2.23. The van der Waals surface area contributed by atoms with E-state index in [1.165, 1.54) is 4.90 Å². The number of aliphatic hydroxyl groups is 1. The van der Waals surface area contributed by atoms with Crippen LogP contribution >= 0.6 is 0 Å². The summed E-state index contributed by atoms with van der Waals surface area (Å²) in [5.74, 6) is -0.0638. The zero-order chi connectivity index (χ0) is 10.3. The number of carbonyl (C=O) groups is 2. The first-order chi connectivity index (χ1) is 6.70. The summed E-state index contributed by atoms with van der Waals surface area (Å²) in [5.41, 5.74) is 0. The molecule has 0 bridgehead atoms. The largest absolute Gasteiger partial charge is 0.396 e. The van der Waals surface area contributed by atoms with Crippen molar-refractivity contribution >= 4 is 11.8 Å². The van der Waals surface area contributed by atoms with Crippen molar-refractivity contribution in [3.05, 3.63) is 0 Å². The summed E-state index contributed by atoms with van der Waals surface area (Å²) in [4.78, 5) is 24.7. The fraction of sp³-hybridized carbons (Fsp3) is 0.800. The molecule has 2 rings (SSSR count). The van der Waals surface area contributed by atoms with E-state index in [9.17, 15) is 9.59 Å². The normalized spacial score (nSPS) is 32.0. The van der Waals surface area contributed by atoms with Gasteiger partial charge in [-0.3, -0.25) is 14.5 Å². The first kappa shape index (κ1) is 9.65. The Morgan fingerprint density at radius 2 is 2.00 bits per heavy atom. The van der Waals surface area contributed by atoms with Gasteiger partial charge in [-0.15, -0.1) is 0 Å². The van der Waals surface area contributed by atoms with Gasteiger partial charge in [-0.2, -0.15) is 0 Å². The molecule has 4 nitrogen and oxygen atoms in total. The van der Waals surface area contributed by atoms with Crippen LogP contribution in [0.15, 0.2) is 0 Å². The molecule has 2 fully saturated rings. The first-order valence-electron chi connectivity index (χ1n) is 5.18. The predicted octanol–water partition coefficient (Wildman–Crippen LogP) is 0.152. The van der Waals surface area contributed by atoms with Gasteiger partial charge in [0.1, 0.15) is 0 Å². The van der Waals surface area contributed by atoms with Crippen LogP contribution in [0.5, 0.6) is 0 Å². The Labute approximate surface area is 82.9 Å². The molecule has 3 atom stereocenters. The highest BCUT2D eigenvalue weighted by Crippen LogP contribution is 2.48. The third-order valence-electron chi connectivity index (χ3n) is 3.20. The van der Waals surface area contributed by atoms with Gasteiger partial charge < -0.3 is 5.11 Å². The molecular formula is C10H15NO3. The number of amides is 2. The number of piperidine rings is 1. The van der Waals surface area contributed by atoms with Crippen LogP contribution < -0.4 is 0 Å². The summed E-state index contributed by atoms with van der Waals surface area (Å²) >= 11 is 0. The average Bonchev–Trinajstić information content (AvgIpc) is 2.91. The second-order valence-corrected chi connectivity index (χ2v) is 4.07. The fourth-order valence-electron chi connectivity index (χ4n) is 2.23. The van der Waals surface area contributed by atoms with Crippen LogP contribution in [0.4, 0.5) is 0 Å². The average molecular weight is 197 g/mol. The van der Waals surface area contributed by atoms with Gasteiger partial charge in [-0.1, -0.05) is 6.92 Å². The summed E-state index contributed by atoms with van der Waals surface area (Å²) in [6, 6.07) is -0.0900. The van der Waals surface area contributed by atoms with Crippen LogP contribution in [0.1, 0.15) is 26.2 Å². The van der Waals surface area contributed by atoms with E-state index in [0.717, 1.165) is 12.8 Å². The van der Waals surface area contributed by atoms with Crippen LogP contribution in [0.3, 0.4) is 0 Å². The molecule has 3 unspecified atom stereocenters.